The van der Waals surface area contributed by atoms with Crippen molar-refractivity contribution in [3.63, 3.8) is 0 Å². The Hall–Kier alpha value is -2.89. The number of hydrogen-bond acceptors (Lipinski definition) is 2. The average molecular weight is 420 g/mol. The molecular formula is C26H33N3O2+2. The molecule has 1 saturated heterocycles. The third-order valence-corrected chi connectivity index (χ3v) is 6.34. The van der Waals surface area contributed by atoms with Gasteiger partial charge in [-0.05, 0) is 53.6 Å². The predicted octanol–water partition coefficient (Wildman–Crippen LogP) is 1.01. The molecule has 4 rings (SSSR count). The summed E-state index contributed by atoms with van der Waals surface area (Å²) in [7, 11) is 1.70. The van der Waals surface area contributed by atoms with E-state index in [9.17, 15) is 4.79 Å². The van der Waals surface area contributed by atoms with E-state index in [2.05, 4.69) is 66.8 Å². The maximum absolute atomic E-state index is 12.6. The summed E-state index contributed by atoms with van der Waals surface area (Å²) in [6, 6.07) is 23.1. The summed E-state index contributed by atoms with van der Waals surface area (Å²) < 4.78 is 5.24. The minimum absolute atomic E-state index is 0.0125. The van der Waals surface area contributed by atoms with Gasteiger partial charge in [-0.2, -0.15) is 0 Å². The highest BCUT2D eigenvalue weighted by molar-refractivity contribution is 5.83. The third-order valence-electron chi connectivity index (χ3n) is 6.34. The normalized spacial score (nSPS) is 19.7. The van der Waals surface area contributed by atoms with Gasteiger partial charge >= 0.3 is 0 Å². The smallest absolute Gasteiger partial charge is 0.275 e. The summed E-state index contributed by atoms with van der Waals surface area (Å²) in [4.78, 5) is 15.6. The molecule has 1 fully saturated rings. The van der Waals surface area contributed by atoms with Gasteiger partial charge in [-0.1, -0.05) is 36.4 Å². The monoisotopic (exact) mass is 419 g/mol. The van der Waals surface area contributed by atoms with Crippen molar-refractivity contribution in [2.75, 3.05) is 39.8 Å². The van der Waals surface area contributed by atoms with Gasteiger partial charge in [-0.25, -0.2) is 0 Å². The highest BCUT2D eigenvalue weighted by atomic mass is 16.5. The fraction of sp³-hybridized carbons (Fsp3) is 0.346. The molecule has 0 spiro atoms. The molecule has 31 heavy (non-hydrogen) atoms. The number of rotatable bonds is 7. The van der Waals surface area contributed by atoms with Gasteiger partial charge in [0.15, 0.2) is 6.54 Å². The molecule has 3 N–H and O–H groups in total. The van der Waals surface area contributed by atoms with Crippen LogP contribution >= 0.6 is 0 Å². The van der Waals surface area contributed by atoms with Gasteiger partial charge in [0.1, 0.15) is 38.5 Å². The van der Waals surface area contributed by atoms with Gasteiger partial charge in [-0.3, -0.25) is 4.79 Å². The van der Waals surface area contributed by atoms with E-state index < -0.39 is 0 Å². The second kappa shape index (κ2) is 9.94. The molecule has 5 heteroatoms. The molecule has 1 amide bonds. The zero-order chi connectivity index (χ0) is 21.6. The van der Waals surface area contributed by atoms with Crippen molar-refractivity contribution < 1.29 is 19.3 Å². The Kier molecular flexibility index (Phi) is 6.85. The standard InChI is InChI=1S/C26H31N3O2/c1-20(23-10-9-22-5-3-4-6-24(22)17-23)27-26(30)19-29-15-13-28(14-16-29)18-21-7-11-25(31-2)12-8-21/h3-12,17,20H,13-16,18-19H2,1-2H3,(H,27,30)/p+2/t20-/m0/s1. The summed E-state index contributed by atoms with van der Waals surface area (Å²) >= 11 is 0. The Morgan fingerprint density at radius 2 is 1.61 bits per heavy atom. The van der Waals surface area contributed by atoms with E-state index >= 15 is 0 Å². The molecule has 0 aliphatic carbocycles. The molecule has 0 bridgehead atoms. The van der Waals surface area contributed by atoms with Gasteiger partial charge in [-0.15, -0.1) is 0 Å². The van der Waals surface area contributed by atoms with Crippen LogP contribution in [-0.4, -0.2) is 45.7 Å². The molecule has 3 aromatic rings. The lowest BCUT2D eigenvalue weighted by Crippen LogP contribution is -3.28. The molecule has 1 aliphatic rings. The number of carbonyl (C=O) groups excluding carboxylic acids is 1. The fourth-order valence-electron chi connectivity index (χ4n) is 4.42. The first kappa shape index (κ1) is 21.3. The molecule has 0 saturated carbocycles. The summed E-state index contributed by atoms with van der Waals surface area (Å²) in [6.45, 7) is 7.89. The van der Waals surface area contributed by atoms with Crippen LogP contribution in [-0.2, 0) is 11.3 Å². The van der Waals surface area contributed by atoms with Crippen LogP contribution in [0.2, 0.25) is 0 Å². The minimum atomic E-state index is 0.0125. The van der Waals surface area contributed by atoms with E-state index in [1.165, 1.54) is 21.2 Å². The molecule has 1 atom stereocenters. The first-order valence-corrected chi connectivity index (χ1v) is 11.2. The summed E-state index contributed by atoms with van der Waals surface area (Å²) in [6.07, 6.45) is 0. The molecule has 0 unspecified atom stereocenters. The largest absolute Gasteiger partial charge is 0.497 e. The van der Waals surface area contributed by atoms with Crippen LogP contribution in [0.25, 0.3) is 10.8 Å². The Labute approximate surface area is 184 Å². The van der Waals surface area contributed by atoms with Crippen LogP contribution in [0.3, 0.4) is 0 Å². The van der Waals surface area contributed by atoms with Gasteiger partial charge in [0, 0.05) is 5.56 Å². The maximum atomic E-state index is 12.6. The lowest BCUT2D eigenvalue weighted by molar-refractivity contribution is -1.02. The topological polar surface area (TPSA) is 47.2 Å². The number of quaternary nitrogens is 2. The van der Waals surface area contributed by atoms with Crippen molar-refractivity contribution in [1.29, 1.82) is 0 Å². The van der Waals surface area contributed by atoms with Crippen molar-refractivity contribution in [2.24, 2.45) is 0 Å². The number of ether oxygens (including phenoxy) is 1. The van der Waals surface area contributed by atoms with Crippen LogP contribution in [0, 0.1) is 0 Å². The SMILES string of the molecule is COc1ccc(C[NH+]2CC[NH+](CC(=O)N[C@@H](C)c3ccc4ccccc4c3)CC2)cc1. The highest BCUT2D eigenvalue weighted by Gasteiger charge is 2.25. The number of methoxy groups -OCH3 is 1. The summed E-state index contributed by atoms with van der Waals surface area (Å²) in [5.41, 5.74) is 2.48. The van der Waals surface area contributed by atoms with Crippen molar-refractivity contribution in [2.45, 2.75) is 19.5 Å². The Balaban J connectivity index is 1.23. The van der Waals surface area contributed by atoms with Crippen molar-refractivity contribution in [3.05, 3.63) is 77.9 Å². The molecule has 0 radical (unpaired) electrons. The number of amides is 1. The van der Waals surface area contributed by atoms with Gasteiger partial charge in [0.2, 0.25) is 0 Å². The molecule has 162 valence electrons. The number of nitrogens with one attached hydrogen (secondary N) is 3. The van der Waals surface area contributed by atoms with E-state index in [1.54, 1.807) is 12.0 Å². The lowest BCUT2D eigenvalue weighted by atomic mass is 10.0. The Bertz CT molecular complexity index is 1010. The molecule has 3 aromatic carbocycles. The molecule has 0 aromatic heterocycles. The minimum Gasteiger partial charge on any atom is -0.497 e. The molecule has 5 nitrogen and oxygen atoms in total. The van der Waals surface area contributed by atoms with Crippen LogP contribution in [0.1, 0.15) is 24.1 Å². The summed E-state index contributed by atoms with van der Waals surface area (Å²) in [5.74, 6) is 1.03. The van der Waals surface area contributed by atoms with Gasteiger partial charge < -0.3 is 19.9 Å². The third kappa shape index (κ3) is 5.63. The lowest BCUT2D eigenvalue weighted by Gasteiger charge is -2.29. The quantitative estimate of drug-likeness (QED) is 0.535. The van der Waals surface area contributed by atoms with Gasteiger partial charge in [0.25, 0.3) is 5.91 Å². The highest BCUT2D eigenvalue weighted by Crippen LogP contribution is 2.20. The van der Waals surface area contributed by atoms with Crippen LogP contribution < -0.4 is 19.9 Å². The van der Waals surface area contributed by atoms with E-state index in [4.69, 9.17) is 4.74 Å². The van der Waals surface area contributed by atoms with E-state index in [0.717, 1.165) is 44.0 Å². The number of benzene rings is 3. The molecule has 1 aliphatic heterocycles. The number of piperazine rings is 1. The summed E-state index contributed by atoms with van der Waals surface area (Å²) in [5, 5.41) is 5.63. The first-order chi connectivity index (χ1) is 15.1. The van der Waals surface area contributed by atoms with Crippen molar-refractivity contribution in [3.8, 4) is 5.75 Å². The van der Waals surface area contributed by atoms with Crippen LogP contribution in [0.5, 0.6) is 5.75 Å². The molecule has 1 heterocycles. The second-order valence-corrected chi connectivity index (χ2v) is 8.60. The second-order valence-electron chi connectivity index (χ2n) is 8.60. The number of fused-ring (bicyclic) bond motifs is 1. The van der Waals surface area contributed by atoms with E-state index in [-0.39, 0.29) is 11.9 Å². The predicted molar refractivity (Wildman–Crippen MR) is 123 cm³/mol. The zero-order valence-corrected chi connectivity index (χ0v) is 18.5. The van der Waals surface area contributed by atoms with E-state index in [1.807, 2.05) is 12.1 Å². The first-order valence-electron chi connectivity index (χ1n) is 11.2. The van der Waals surface area contributed by atoms with E-state index in [0.29, 0.717) is 6.54 Å². The van der Waals surface area contributed by atoms with Crippen molar-refractivity contribution in [1.82, 2.24) is 5.32 Å². The van der Waals surface area contributed by atoms with Gasteiger partial charge in [0.05, 0.1) is 13.2 Å². The fourth-order valence-corrected chi connectivity index (χ4v) is 4.42. The van der Waals surface area contributed by atoms with Crippen LogP contribution in [0.4, 0.5) is 0 Å². The maximum Gasteiger partial charge on any atom is 0.275 e. The number of hydrogen-bond donors (Lipinski definition) is 3. The Morgan fingerprint density at radius 1 is 0.935 bits per heavy atom. The zero-order valence-electron chi connectivity index (χ0n) is 18.5. The van der Waals surface area contributed by atoms with Crippen molar-refractivity contribution >= 4 is 16.7 Å². The average Bonchev–Trinajstić information content (AvgIpc) is 2.80. The number of carbonyl (C=O) groups is 1. The molecular weight excluding hydrogens is 386 g/mol. The Morgan fingerprint density at radius 3 is 2.32 bits per heavy atom. The van der Waals surface area contributed by atoms with Crippen LogP contribution in [0.15, 0.2) is 66.7 Å².